The van der Waals surface area contributed by atoms with E-state index in [1.807, 2.05) is 0 Å². The summed E-state index contributed by atoms with van der Waals surface area (Å²) in [4.78, 5) is 7.39. The maximum atomic E-state index is 11.9. The van der Waals surface area contributed by atoms with Crippen molar-refractivity contribution in [3.05, 3.63) is 10.3 Å². The number of thioether (sulfide) groups is 1. The van der Waals surface area contributed by atoms with E-state index in [2.05, 4.69) is 9.97 Å². The van der Waals surface area contributed by atoms with Crippen molar-refractivity contribution in [1.82, 2.24) is 9.97 Å². The second-order valence-electron chi connectivity index (χ2n) is 2.72. The molecule has 0 radical (unpaired) electrons. The minimum absolute atomic E-state index is 0.0171. The molecule has 3 nitrogen and oxygen atoms in total. The lowest BCUT2D eigenvalue weighted by molar-refractivity contribution is -0.129. The number of nitrogens with zero attached hydrogens (tertiary/aromatic N) is 2. The summed E-state index contributed by atoms with van der Waals surface area (Å²) >= 11 is 12.0. The van der Waals surface area contributed by atoms with Crippen LogP contribution < -0.4 is 5.73 Å². The van der Waals surface area contributed by atoms with Gasteiger partial charge < -0.3 is 5.73 Å². The van der Waals surface area contributed by atoms with Crippen LogP contribution in [0.1, 0.15) is 6.42 Å². The van der Waals surface area contributed by atoms with E-state index >= 15 is 0 Å². The Morgan fingerprint density at radius 1 is 1.19 bits per heavy atom. The predicted molar refractivity (Wildman–Crippen MR) is 57.9 cm³/mol. The first-order valence-electron chi connectivity index (χ1n) is 3.97. The first-order chi connectivity index (χ1) is 7.29. The molecule has 0 fully saturated rings. The number of halogens is 5. The van der Waals surface area contributed by atoms with Crippen LogP contribution in [0.25, 0.3) is 0 Å². The zero-order valence-corrected chi connectivity index (χ0v) is 10.0. The lowest BCUT2D eigenvalue weighted by atomic mass is 10.5. The number of nitrogen functional groups attached to an aromatic ring is 1. The highest BCUT2D eigenvalue weighted by molar-refractivity contribution is 7.99. The lowest BCUT2D eigenvalue weighted by Crippen LogP contribution is -2.08. The maximum Gasteiger partial charge on any atom is 0.389 e. The van der Waals surface area contributed by atoms with Crippen molar-refractivity contribution in [3.8, 4) is 0 Å². The number of rotatable bonds is 3. The van der Waals surface area contributed by atoms with Crippen molar-refractivity contribution in [2.75, 3.05) is 11.5 Å². The monoisotopic (exact) mass is 291 g/mol. The Bertz CT molecular complexity index is 363. The van der Waals surface area contributed by atoms with E-state index in [0.717, 1.165) is 11.8 Å². The predicted octanol–water partition coefficient (Wildman–Crippen LogP) is 3.41. The van der Waals surface area contributed by atoms with Crippen LogP contribution in [0.2, 0.25) is 10.3 Å². The standard InChI is InChI=1S/C7H6Cl2F3N3S/c8-4-3(13)5(9)15-6(14-4)16-2-1-7(10,11)12/h1-2,13H2. The van der Waals surface area contributed by atoms with Gasteiger partial charge in [0.15, 0.2) is 15.5 Å². The van der Waals surface area contributed by atoms with Crippen LogP contribution in [0.15, 0.2) is 5.16 Å². The van der Waals surface area contributed by atoms with Crippen molar-refractivity contribution in [2.24, 2.45) is 0 Å². The van der Waals surface area contributed by atoms with Crippen LogP contribution in [0.5, 0.6) is 0 Å². The van der Waals surface area contributed by atoms with Gasteiger partial charge in [0.2, 0.25) is 0 Å². The van der Waals surface area contributed by atoms with Gasteiger partial charge in [-0.05, 0) is 0 Å². The van der Waals surface area contributed by atoms with Gasteiger partial charge in [-0.1, -0.05) is 35.0 Å². The molecule has 0 spiro atoms. The Balaban J connectivity index is 2.62. The minimum Gasteiger partial charge on any atom is -0.394 e. The molecule has 0 aliphatic rings. The smallest absolute Gasteiger partial charge is 0.389 e. The van der Waals surface area contributed by atoms with E-state index in [0.29, 0.717) is 0 Å². The topological polar surface area (TPSA) is 51.8 Å². The molecule has 0 aliphatic heterocycles. The molecule has 0 saturated carbocycles. The summed E-state index contributed by atoms with van der Waals surface area (Å²) in [5.41, 5.74) is 5.39. The van der Waals surface area contributed by atoms with Gasteiger partial charge in [-0.15, -0.1) is 0 Å². The van der Waals surface area contributed by atoms with Gasteiger partial charge in [0, 0.05) is 5.75 Å². The fourth-order valence-corrected chi connectivity index (χ4v) is 2.04. The molecule has 1 rings (SSSR count). The number of hydrogen-bond acceptors (Lipinski definition) is 4. The molecule has 1 aromatic rings. The fourth-order valence-electron chi connectivity index (χ4n) is 0.721. The molecule has 1 aromatic heterocycles. The van der Waals surface area contributed by atoms with Crippen molar-refractivity contribution >= 4 is 40.7 Å². The number of hydrogen-bond donors (Lipinski definition) is 1. The van der Waals surface area contributed by atoms with E-state index < -0.39 is 12.6 Å². The normalized spacial score (nSPS) is 11.8. The lowest BCUT2D eigenvalue weighted by Gasteiger charge is -2.06. The van der Waals surface area contributed by atoms with E-state index in [4.69, 9.17) is 28.9 Å². The summed E-state index contributed by atoms with van der Waals surface area (Å²) in [6.45, 7) is 0. The molecule has 0 amide bonds. The van der Waals surface area contributed by atoms with Crippen LogP contribution in [0.3, 0.4) is 0 Å². The third kappa shape index (κ3) is 4.23. The van der Waals surface area contributed by atoms with E-state index in [-0.39, 0.29) is 26.9 Å². The fraction of sp³-hybridized carbons (Fsp3) is 0.429. The summed E-state index contributed by atoms with van der Waals surface area (Å²) in [7, 11) is 0. The molecule has 90 valence electrons. The van der Waals surface area contributed by atoms with Gasteiger partial charge in [-0.25, -0.2) is 9.97 Å². The number of alkyl halides is 3. The number of anilines is 1. The summed E-state index contributed by atoms with van der Waals surface area (Å²) in [6, 6.07) is 0. The third-order valence-electron chi connectivity index (χ3n) is 1.45. The van der Waals surface area contributed by atoms with E-state index in [9.17, 15) is 13.2 Å². The van der Waals surface area contributed by atoms with Crippen LogP contribution in [-0.4, -0.2) is 21.9 Å². The molecule has 2 N–H and O–H groups in total. The second kappa shape index (κ2) is 5.29. The van der Waals surface area contributed by atoms with Crippen LogP contribution in [0, 0.1) is 0 Å². The molecule has 0 saturated heterocycles. The number of aromatic nitrogens is 2. The second-order valence-corrected chi connectivity index (χ2v) is 4.49. The average Bonchev–Trinajstić information content (AvgIpc) is 2.12. The van der Waals surface area contributed by atoms with Crippen molar-refractivity contribution in [1.29, 1.82) is 0 Å². The summed E-state index contributed by atoms with van der Waals surface area (Å²) in [5.74, 6) is -0.194. The maximum absolute atomic E-state index is 11.9. The molecule has 0 atom stereocenters. The Labute approximate surface area is 104 Å². The molecular weight excluding hydrogens is 286 g/mol. The van der Waals surface area contributed by atoms with Crippen molar-refractivity contribution in [2.45, 2.75) is 17.8 Å². The molecule has 0 unspecified atom stereocenters. The van der Waals surface area contributed by atoms with Gasteiger partial charge in [0.1, 0.15) is 5.69 Å². The molecule has 0 aromatic carbocycles. The highest BCUT2D eigenvalue weighted by Crippen LogP contribution is 2.29. The molecule has 0 aliphatic carbocycles. The summed E-state index contributed by atoms with van der Waals surface area (Å²) < 4.78 is 35.6. The highest BCUT2D eigenvalue weighted by Gasteiger charge is 2.26. The van der Waals surface area contributed by atoms with Crippen molar-refractivity contribution < 1.29 is 13.2 Å². The van der Waals surface area contributed by atoms with E-state index in [1.54, 1.807) is 0 Å². The Morgan fingerprint density at radius 3 is 2.12 bits per heavy atom. The molecule has 9 heteroatoms. The zero-order valence-electron chi connectivity index (χ0n) is 7.68. The quantitative estimate of drug-likeness (QED) is 0.527. The SMILES string of the molecule is Nc1c(Cl)nc(SCCC(F)(F)F)nc1Cl. The zero-order chi connectivity index (χ0) is 12.3. The Morgan fingerprint density at radius 2 is 1.69 bits per heavy atom. The average molecular weight is 292 g/mol. The van der Waals surface area contributed by atoms with Gasteiger partial charge in [-0.3, -0.25) is 0 Å². The van der Waals surface area contributed by atoms with Crippen molar-refractivity contribution in [3.63, 3.8) is 0 Å². The first kappa shape index (κ1) is 13.7. The van der Waals surface area contributed by atoms with Crippen LogP contribution >= 0.6 is 35.0 Å². The first-order valence-corrected chi connectivity index (χ1v) is 5.72. The molecule has 1 heterocycles. The van der Waals surface area contributed by atoms with Crippen LogP contribution in [-0.2, 0) is 0 Å². The van der Waals surface area contributed by atoms with Crippen LogP contribution in [0.4, 0.5) is 18.9 Å². The highest BCUT2D eigenvalue weighted by atomic mass is 35.5. The third-order valence-corrected chi connectivity index (χ3v) is 2.87. The molecule has 16 heavy (non-hydrogen) atoms. The minimum atomic E-state index is -4.20. The van der Waals surface area contributed by atoms with E-state index in [1.165, 1.54) is 0 Å². The Kier molecular flexibility index (Phi) is 4.52. The van der Waals surface area contributed by atoms with Gasteiger partial charge in [-0.2, -0.15) is 13.2 Å². The molecule has 0 bridgehead atoms. The molecular formula is C7H6Cl2F3N3S. The summed E-state index contributed by atoms with van der Waals surface area (Å²) in [5, 5.41) is -0.0440. The largest absolute Gasteiger partial charge is 0.394 e. The Hall–Kier alpha value is -0.400. The van der Waals surface area contributed by atoms with Gasteiger partial charge in [0.25, 0.3) is 0 Å². The number of nitrogens with two attached hydrogens (primary N) is 1. The summed E-state index contributed by atoms with van der Waals surface area (Å²) in [6.07, 6.45) is -5.13. The van der Waals surface area contributed by atoms with Gasteiger partial charge in [0.05, 0.1) is 6.42 Å². The van der Waals surface area contributed by atoms with Gasteiger partial charge >= 0.3 is 6.18 Å².